The Morgan fingerprint density at radius 2 is 1.81 bits per heavy atom. The van der Waals surface area contributed by atoms with Crippen molar-refractivity contribution < 1.29 is 4.74 Å². The molecule has 1 aromatic heterocycles. The van der Waals surface area contributed by atoms with Crippen molar-refractivity contribution >= 4 is 29.9 Å². The van der Waals surface area contributed by atoms with E-state index in [-0.39, 0.29) is 30.1 Å². The summed E-state index contributed by atoms with van der Waals surface area (Å²) >= 11 is 0. The molecule has 0 bridgehead atoms. The standard InChI is InChI=1S/C20H28N4O.HI/c1-15(2)25-19-11-10-17(13-22-19)14-24-20(21-4)23-12-16(3)18-8-6-5-7-9-18;/h5-11,13,15-16H,12,14H2,1-4H3,(H2,21,23,24);1H. The van der Waals surface area contributed by atoms with Gasteiger partial charge in [0.25, 0.3) is 0 Å². The number of nitrogens with one attached hydrogen (secondary N) is 2. The minimum Gasteiger partial charge on any atom is -0.475 e. The molecule has 0 aliphatic carbocycles. The van der Waals surface area contributed by atoms with Crippen LogP contribution in [0.1, 0.15) is 37.8 Å². The van der Waals surface area contributed by atoms with Gasteiger partial charge in [-0.25, -0.2) is 4.98 Å². The molecule has 0 radical (unpaired) electrons. The van der Waals surface area contributed by atoms with Gasteiger partial charge in [-0.2, -0.15) is 0 Å². The number of aliphatic imine (C=N–C) groups is 1. The normalized spacial score (nSPS) is 12.3. The highest BCUT2D eigenvalue weighted by Gasteiger charge is 2.06. The number of hydrogen-bond donors (Lipinski definition) is 2. The number of hydrogen-bond acceptors (Lipinski definition) is 3. The molecule has 1 unspecified atom stereocenters. The number of benzene rings is 1. The fraction of sp³-hybridized carbons (Fsp3) is 0.400. The first-order valence-electron chi connectivity index (χ1n) is 8.69. The van der Waals surface area contributed by atoms with E-state index in [2.05, 4.69) is 51.8 Å². The van der Waals surface area contributed by atoms with Gasteiger partial charge in [0, 0.05) is 32.4 Å². The molecule has 1 atom stereocenters. The Morgan fingerprint density at radius 3 is 2.38 bits per heavy atom. The first kappa shape index (κ1) is 22.2. The Labute approximate surface area is 173 Å². The second-order valence-corrected chi connectivity index (χ2v) is 6.29. The van der Waals surface area contributed by atoms with Crippen LogP contribution in [0.2, 0.25) is 0 Å². The first-order chi connectivity index (χ1) is 12.1. The van der Waals surface area contributed by atoms with Crippen LogP contribution in [-0.2, 0) is 6.54 Å². The summed E-state index contributed by atoms with van der Waals surface area (Å²) < 4.78 is 5.56. The zero-order valence-corrected chi connectivity index (χ0v) is 18.2. The monoisotopic (exact) mass is 468 g/mol. The van der Waals surface area contributed by atoms with Crippen molar-refractivity contribution in [1.29, 1.82) is 0 Å². The molecule has 0 saturated heterocycles. The number of halogens is 1. The van der Waals surface area contributed by atoms with E-state index >= 15 is 0 Å². The number of pyridine rings is 1. The van der Waals surface area contributed by atoms with Gasteiger partial charge in [-0.1, -0.05) is 43.3 Å². The maximum absolute atomic E-state index is 5.56. The van der Waals surface area contributed by atoms with Crippen molar-refractivity contribution in [3.05, 3.63) is 59.8 Å². The van der Waals surface area contributed by atoms with Crippen LogP contribution in [0.4, 0.5) is 0 Å². The van der Waals surface area contributed by atoms with Crippen molar-refractivity contribution in [2.45, 2.75) is 39.3 Å². The lowest BCUT2D eigenvalue weighted by Crippen LogP contribution is -2.38. The first-order valence-corrected chi connectivity index (χ1v) is 8.69. The van der Waals surface area contributed by atoms with Crippen LogP contribution in [0.3, 0.4) is 0 Å². The fourth-order valence-electron chi connectivity index (χ4n) is 2.38. The van der Waals surface area contributed by atoms with Crippen molar-refractivity contribution in [3.8, 4) is 5.88 Å². The van der Waals surface area contributed by atoms with E-state index in [1.165, 1.54) is 5.56 Å². The summed E-state index contributed by atoms with van der Waals surface area (Å²) in [4.78, 5) is 8.59. The highest BCUT2D eigenvalue weighted by molar-refractivity contribution is 14.0. The lowest BCUT2D eigenvalue weighted by atomic mass is 10.0. The number of guanidine groups is 1. The second kappa shape index (κ2) is 11.7. The Kier molecular flexibility index (Phi) is 10.0. The van der Waals surface area contributed by atoms with Gasteiger partial charge in [-0.3, -0.25) is 4.99 Å². The minimum atomic E-state index is 0. The van der Waals surface area contributed by atoms with Gasteiger partial charge in [0.1, 0.15) is 0 Å². The van der Waals surface area contributed by atoms with Gasteiger partial charge in [0.2, 0.25) is 5.88 Å². The van der Waals surface area contributed by atoms with Gasteiger partial charge in [-0.05, 0) is 30.9 Å². The Balaban J connectivity index is 0.00000338. The van der Waals surface area contributed by atoms with Crippen LogP contribution in [0.15, 0.2) is 53.7 Å². The largest absolute Gasteiger partial charge is 0.475 e. The molecule has 2 rings (SSSR count). The molecule has 0 aliphatic heterocycles. The van der Waals surface area contributed by atoms with Crippen molar-refractivity contribution in [1.82, 2.24) is 15.6 Å². The van der Waals surface area contributed by atoms with Crippen LogP contribution in [0.5, 0.6) is 5.88 Å². The SMILES string of the molecule is CN=C(NCc1ccc(OC(C)C)nc1)NCC(C)c1ccccc1.I. The molecule has 0 spiro atoms. The number of aromatic nitrogens is 1. The molecule has 5 nitrogen and oxygen atoms in total. The summed E-state index contributed by atoms with van der Waals surface area (Å²) in [5.74, 6) is 1.84. The molecule has 26 heavy (non-hydrogen) atoms. The summed E-state index contributed by atoms with van der Waals surface area (Å²) in [6, 6.07) is 14.4. The maximum atomic E-state index is 5.56. The summed E-state index contributed by atoms with van der Waals surface area (Å²) in [5.41, 5.74) is 2.39. The second-order valence-electron chi connectivity index (χ2n) is 6.29. The molecule has 1 heterocycles. The summed E-state index contributed by atoms with van der Waals surface area (Å²) in [6.45, 7) is 7.66. The predicted octanol–water partition coefficient (Wildman–Crippen LogP) is 3.96. The molecule has 0 fully saturated rings. The van der Waals surface area contributed by atoms with Crippen LogP contribution in [0.25, 0.3) is 0 Å². The highest BCUT2D eigenvalue weighted by Crippen LogP contribution is 2.13. The fourth-order valence-corrected chi connectivity index (χ4v) is 2.38. The molecule has 2 N–H and O–H groups in total. The lowest BCUT2D eigenvalue weighted by Gasteiger charge is -2.16. The number of ether oxygens (including phenoxy) is 1. The van der Waals surface area contributed by atoms with E-state index in [1.807, 2.05) is 38.2 Å². The number of rotatable bonds is 7. The van der Waals surface area contributed by atoms with Gasteiger partial charge in [-0.15, -0.1) is 24.0 Å². The molecular formula is C20H29IN4O. The van der Waals surface area contributed by atoms with Crippen molar-refractivity contribution in [3.63, 3.8) is 0 Å². The maximum Gasteiger partial charge on any atom is 0.213 e. The minimum absolute atomic E-state index is 0. The topological polar surface area (TPSA) is 58.5 Å². The Bertz CT molecular complexity index is 659. The average molecular weight is 468 g/mol. The van der Waals surface area contributed by atoms with E-state index < -0.39 is 0 Å². The third kappa shape index (κ3) is 7.59. The van der Waals surface area contributed by atoms with Gasteiger partial charge in [0.15, 0.2) is 5.96 Å². The molecule has 0 amide bonds. The van der Waals surface area contributed by atoms with Crippen LogP contribution in [-0.4, -0.2) is 30.6 Å². The third-order valence-electron chi connectivity index (χ3n) is 3.78. The summed E-state index contributed by atoms with van der Waals surface area (Å²) in [7, 11) is 1.78. The summed E-state index contributed by atoms with van der Waals surface area (Å²) in [5, 5.41) is 6.68. The quantitative estimate of drug-likeness (QED) is 0.367. The molecule has 0 aliphatic rings. The molecule has 0 saturated carbocycles. The highest BCUT2D eigenvalue weighted by atomic mass is 127. The smallest absolute Gasteiger partial charge is 0.213 e. The molecule has 2 aromatic rings. The number of nitrogens with zero attached hydrogens (tertiary/aromatic N) is 2. The average Bonchev–Trinajstić information content (AvgIpc) is 2.63. The Morgan fingerprint density at radius 1 is 1.08 bits per heavy atom. The zero-order chi connectivity index (χ0) is 18.1. The van der Waals surface area contributed by atoms with Crippen LogP contribution >= 0.6 is 24.0 Å². The van der Waals surface area contributed by atoms with Crippen molar-refractivity contribution in [2.24, 2.45) is 4.99 Å². The van der Waals surface area contributed by atoms with Gasteiger partial charge < -0.3 is 15.4 Å². The van der Waals surface area contributed by atoms with E-state index in [4.69, 9.17) is 4.74 Å². The Hall–Kier alpha value is -1.83. The third-order valence-corrected chi connectivity index (χ3v) is 3.78. The van der Waals surface area contributed by atoms with E-state index in [0.29, 0.717) is 18.3 Å². The van der Waals surface area contributed by atoms with Crippen molar-refractivity contribution in [2.75, 3.05) is 13.6 Å². The molecule has 6 heteroatoms. The van der Waals surface area contributed by atoms with E-state index in [9.17, 15) is 0 Å². The predicted molar refractivity (Wildman–Crippen MR) is 118 cm³/mol. The van der Waals surface area contributed by atoms with Gasteiger partial charge >= 0.3 is 0 Å². The van der Waals surface area contributed by atoms with Crippen LogP contribution < -0.4 is 15.4 Å². The van der Waals surface area contributed by atoms with Crippen LogP contribution in [0, 0.1) is 0 Å². The van der Waals surface area contributed by atoms with E-state index in [0.717, 1.165) is 18.1 Å². The lowest BCUT2D eigenvalue weighted by molar-refractivity contribution is 0.232. The zero-order valence-electron chi connectivity index (χ0n) is 15.9. The van der Waals surface area contributed by atoms with Gasteiger partial charge in [0.05, 0.1) is 6.10 Å². The molecule has 1 aromatic carbocycles. The molecular weight excluding hydrogens is 439 g/mol. The molecule has 142 valence electrons. The summed E-state index contributed by atoms with van der Waals surface area (Å²) in [6.07, 6.45) is 1.95. The van der Waals surface area contributed by atoms with E-state index in [1.54, 1.807) is 7.05 Å².